The molecular formula is C12H16N4O2S2. The van der Waals surface area contributed by atoms with Gasteiger partial charge in [-0.2, -0.15) is 0 Å². The van der Waals surface area contributed by atoms with Crippen LogP contribution >= 0.6 is 11.3 Å². The molecule has 0 radical (unpaired) electrons. The van der Waals surface area contributed by atoms with Gasteiger partial charge in [-0.25, -0.2) is 18.1 Å². The van der Waals surface area contributed by atoms with E-state index in [2.05, 4.69) is 15.1 Å². The van der Waals surface area contributed by atoms with Gasteiger partial charge in [0.25, 0.3) is 0 Å². The number of nitrogens with two attached hydrogens (primary N) is 1. The first-order chi connectivity index (χ1) is 9.53. The summed E-state index contributed by atoms with van der Waals surface area (Å²) >= 11 is 1.51. The molecule has 8 heteroatoms. The summed E-state index contributed by atoms with van der Waals surface area (Å²) in [5.41, 5.74) is 3.11. The van der Waals surface area contributed by atoms with Crippen LogP contribution < -0.4 is 16.0 Å². The SMILES string of the molecule is CC(CNS(=O)(=O)c1ccc(NN)cc1)c1nccs1. The molecular weight excluding hydrogens is 296 g/mol. The highest BCUT2D eigenvalue weighted by Gasteiger charge is 2.16. The van der Waals surface area contributed by atoms with Gasteiger partial charge >= 0.3 is 0 Å². The van der Waals surface area contributed by atoms with Gasteiger partial charge in [-0.3, -0.25) is 5.84 Å². The van der Waals surface area contributed by atoms with E-state index >= 15 is 0 Å². The second-order valence-electron chi connectivity index (χ2n) is 4.29. The standard InChI is InChI=1S/C12H16N4O2S2/c1-9(12-14-6-7-19-12)8-15-20(17,18)11-4-2-10(16-13)3-5-11/h2-7,9,15-16H,8,13H2,1H3. The zero-order valence-corrected chi connectivity index (χ0v) is 12.5. The molecule has 1 unspecified atom stereocenters. The largest absolute Gasteiger partial charge is 0.324 e. The van der Waals surface area contributed by atoms with Gasteiger partial charge in [0.05, 0.1) is 9.90 Å². The summed E-state index contributed by atoms with van der Waals surface area (Å²) in [5.74, 6) is 5.28. The first kappa shape index (κ1) is 14.9. The van der Waals surface area contributed by atoms with Gasteiger partial charge in [-0.05, 0) is 24.3 Å². The number of anilines is 1. The van der Waals surface area contributed by atoms with E-state index in [-0.39, 0.29) is 10.8 Å². The highest BCUT2D eigenvalue weighted by molar-refractivity contribution is 7.89. The molecule has 108 valence electrons. The van der Waals surface area contributed by atoms with E-state index in [1.807, 2.05) is 12.3 Å². The van der Waals surface area contributed by atoms with E-state index in [0.29, 0.717) is 12.2 Å². The number of thiazole rings is 1. The van der Waals surface area contributed by atoms with Crippen LogP contribution in [0.4, 0.5) is 5.69 Å². The third-order valence-electron chi connectivity index (χ3n) is 2.78. The third-order valence-corrected chi connectivity index (χ3v) is 5.23. The van der Waals surface area contributed by atoms with Crippen LogP contribution in [0.1, 0.15) is 17.8 Å². The quantitative estimate of drug-likeness (QED) is 0.555. The average molecular weight is 312 g/mol. The summed E-state index contributed by atoms with van der Waals surface area (Å²) in [6.45, 7) is 2.25. The molecule has 1 heterocycles. The first-order valence-electron chi connectivity index (χ1n) is 5.98. The van der Waals surface area contributed by atoms with Crippen molar-refractivity contribution in [3.05, 3.63) is 40.8 Å². The number of nitrogens with zero attached hydrogens (tertiary/aromatic N) is 1. The van der Waals surface area contributed by atoms with Gasteiger partial charge in [-0.1, -0.05) is 6.92 Å². The lowest BCUT2D eigenvalue weighted by atomic mass is 10.2. The molecule has 0 saturated carbocycles. The van der Waals surface area contributed by atoms with Gasteiger partial charge < -0.3 is 5.43 Å². The Bertz CT molecular complexity index is 639. The van der Waals surface area contributed by atoms with Crippen LogP contribution in [0.15, 0.2) is 40.7 Å². The van der Waals surface area contributed by atoms with Gasteiger partial charge in [0, 0.05) is 29.7 Å². The molecule has 0 aliphatic heterocycles. The number of aromatic nitrogens is 1. The molecule has 2 rings (SSSR count). The molecule has 20 heavy (non-hydrogen) atoms. The van der Waals surface area contributed by atoms with Crippen LogP contribution in [-0.2, 0) is 10.0 Å². The van der Waals surface area contributed by atoms with Gasteiger partial charge in [0.15, 0.2) is 0 Å². The minimum atomic E-state index is -3.51. The van der Waals surface area contributed by atoms with Crippen LogP contribution in [0, 0.1) is 0 Å². The number of nitrogens with one attached hydrogen (secondary N) is 2. The van der Waals surface area contributed by atoms with Gasteiger partial charge in [0.2, 0.25) is 10.0 Å². The maximum Gasteiger partial charge on any atom is 0.240 e. The minimum absolute atomic E-state index is 0.0368. The van der Waals surface area contributed by atoms with Gasteiger partial charge in [0.1, 0.15) is 0 Å². The lowest BCUT2D eigenvalue weighted by Gasteiger charge is -2.11. The Balaban J connectivity index is 2.03. The lowest BCUT2D eigenvalue weighted by molar-refractivity contribution is 0.574. The average Bonchev–Trinajstić information content (AvgIpc) is 2.99. The Kier molecular flexibility index (Phi) is 4.71. The maximum absolute atomic E-state index is 12.1. The summed E-state index contributed by atoms with van der Waals surface area (Å²) in [6.07, 6.45) is 1.71. The van der Waals surface area contributed by atoms with Crippen LogP contribution in [0.2, 0.25) is 0 Å². The molecule has 4 N–H and O–H groups in total. The molecule has 1 aromatic heterocycles. The fraction of sp³-hybridized carbons (Fsp3) is 0.250. The van der Waals surface area contributed by atoms with Crippen molar-refractivity contribution in [2.24, 2.45) is 5.84 Å². The Morgan fingerprint density at radius 1 is 1.35 bits per heavy atom. The van der Waals surface area contributed by atoms with Crippen LogP contribution in [-0.4, -0.2) is 19.9 Å². The zero-order valence-electron chi connectivity index (χ0n) is 10.9. The Labute approximate surface area is 122 Å². The van der Waals surface area contributed by atoms with Crippen molar-refractivity contribution in [1.29, 1.82) is 0 Å². The summed E-state index contributed by atoms with van der Waals surface area (Å²) < 4.78 is 26.8. The monoisotopic (exact) mass is 312 g/mol. The number of benzene rings is 1. The molecule has 1 atom stereocenters. The second-order valence-corrected chi connectivity index (χ2v) is 6.99. The van der Waals surface area contributed by atoms with E-state index in [1.54, 1.807) is 18.3 Å². The van der Waals surface area contributed by atoms with Gasteiger partial charge in [-0.15, -0.1) is 11.3 Å². The van der Waals surface area contributed by atoms with Crippen LogP contribution in [0.3, 0.4) is 0 Å². The molecule has 6 nitrogen and oxygen atoms in total. The van der Waals surface area contributed by atoms with E-state index in [0.717, 1.165) is 5.01 Å². The van der Waals surface area contributed by atoms with Crippen molar-refractivity contribution in [2.75, 3.05) is 12.0 Å². The summed E-state index contributed by atoms with van der Waals surface area (Å²) in [6, 6.07) is 6.23. The first-order valence-corrected chi connectivity index (χ1v) is 8.35. The fourth-order valence-electron chi connectivity index (χ4n) is 1.61. The molecule has 0 spiro atoms. The zero-order chi connectivity index (χ0) is 14.6. The third kappa shape index (κ3) is 3.54. The molecule has 0 fully saturated rings. The Morgan fingerprint density at radius 3 is 2.60 bits per heavy atom. The molecule has 0 aliphatic carbocycles. The second kappa shape index (κ2) is 6.31. The molecule has 1 aromatic carbocycles. The highest BCUT2D eigenvalue weighted by Crippen LogP contribution is 2.18. The molecule has 0 saturated heterocycles. The molecule has 0 amide bonds. The van der Waals surface area contributed by atoms with Crippen LogP contribution in [0.5, 0.6) is 0 Å². The normalized spacial score (nSPS) is 13.1. The highest BCUT2D eigenvalue weighted by atomic mass is 32.2. The summed E-state index contributed by atoms with van der Waals surface area (Å²) in [7, 11) is -3.51. The number of hydrogen-bond acceptors (Lipinski definition) is 6. The summed E-state index contributed by atoms with van der Waals surface area (Å²) in [4.78, 5) is 4.38. The maximum atomic E-state index is 12.1. The number of hydrazine groups is 1. The number of sulfonamides is 1. The molecule has 0 bridgehead atoms. The molecule has 0 aliphatic rings. The predicted molar refractivity (Wildman–Crippen MR) is 80.0 cm³/mol. The van der Waals surface area contributed by atoms with Crippen molar-refractivity contribution >= 4 is 27.0 Å². The number of nitrogen functional groups attached to an aromatic ring is 1. The summed E-state index contributed by atoms with van der Waals surface area (Å²) in [5, 5.41) is 2.79. The van der Waals surface area contributed by atoms with E-state index in [9.17, 15) is 8.42 Å². The van der Waals surface area contributed by atoms with E-state index < -0.39 is 10.0 Å². The van der Waals surface area contributed by atoms with Crippen molar-refractivity contribution in [3.8, 4) is 0 Å². The van der Waals surface area contributed by atoms with E-state index in [4.69, 9.17) is 5.84 Å². The fourth-order valence-corrected chi connectivity index (χ4v) is 3.44. The van der Waals surface area contributed by atoms with Crippen molar-refractivity contribution in [3.63, 3.8) is 0 Å². The van der Waals surface area contributed by atoms with Crippen molar-refractivity contribution in [2.45, 2.75) is 17.7 Å². The lowest BCUT2D eigenvalue weighted by Crippen LogP contribution is -2.27. The molecule has 2 aromatic rings. The predicted octanol–water partition coefficient (Wildman–Crippen LogP) is 1.51. The van der Waals surface area contributed by atoms with E-state index in [1.165, 1.54) is 23.5 Å². The van der Waals surface area contributed by atoms with Crippen molar-refractivity contribution in [1.82, 2.24) is 9.71 Å². The number of rotatable bonds is 6. The smallest absolute Gasteiger partial charge is 0.240 e. The van der Waals surface area contributed by atoms with Crippen LogP contribution in [0.25, 0.3) is 0 Å². The van der Waals surface area contributed by atoms with Crippen molar-refractivity contribution < 1.29 is 8.42 Å². The Hall–Kier alpha value is -1.48. The number of hydrogen-bond donors (Lipinski definition) is 3. The minimum Gasteiger partial charge on any atom is -0.324 e. The Morgan fingerprint density at radius 2 is 2.05 bits per heavy atom. The topological polar surface area (TPSA) is 97.1 Å².